The van der Waals surface area contributed by atoms with Crippen molar-refractivity contribution in [3.63, 3.8) is 0 Å². The Morgan fingerprint density at radius 2 is 1.80 bits per heavy atom. The topological polar surface area (TPSA) is 55.5 Å². The standard InChI is InChI=1S/C15H15F2NO2/c1-2-20-15(9-3-5-10(16)6-4-9)12-7-11(17)8-13(18)14(12)19/h3-8,15,19H,2,18H2,1H3. The molecule has 3 N–H and O–H groups in total. The van der Waals surface area contributed by atoms with Crippen molar-refractivity contribution >= 4 is 5.69 Å². The number of phenols is 1. The minimum atomic E-state index is -0.710. The zero-order valence-corrected chi connectivity index (χ0v) is 10.9. The molecule has 0 saturated carbocycles. The number of phenolic OH excluding ortho intramolecular Hbond substituents is 1. The van der Waals surface area contributed by atoms with Gasteiger partial charge in [-0.3, -0.25) is 0 Å². The van der Waals surface area contributed by atoms with E-state index in [2.05, 4.69) is 0 Å². The van der Waals surface area contributed by atoms with E-state index in [1.54, 1.807) is 6.92 Å². The lowest BCUT2D eigenvalue weighted by Crippen LogP contribution is -2.08. The first kappa shape index (κ1) is 14.3. The van der Waals surface area contributed by atoms with Crippen molar-refractivity contribution in [3.05, 3.63) is 59.2 Å². The molecule has 2 aromatic carbocycles. The molecule has 0 fully saturated rings. The van der Waals surface area contributed by atoms with E-state index in [0.29, 0.717) is 12.2 Å². The number of hydrogen-bond donors (Lipinski definition) is 2. The summed E-state index contributed by atoms with van der Waals surface area (Å²) < 4.78 is 32.0. The molecule has 0 aliphatic rings. The predicted molar refractivity (Wildman–Crippen MR) is 72.3 cm³/mol. The Morgan fingerprint density at radius 3 is 2.40 bits per heavy atom. The third kappa shape index (κ3) is 2.88. The molecule has 20 heavy (non-hydrogen) atoms. The van der Waals surface area contributed by atoms with Crippen LogP contribution in [0.1, 0.15) is 24.2 Å². The molecule has 106 valence electrons. The van der Waals surface area contributed by atoms with Crippen molar-refractivity contribution in [1.29, 1.82) is 0 Å². The number of benzene rings is 2. The first-order valence-electron chi connectivity index (χ1n) is 6.18. The van der Waals surface area contributed by atoms with Gasteiger partial charge in [0.2, 0.25) is 0 Å². The second kappa shape index (κ2) is 5.88. The highest BCUT2D eigenvalue weighted by molar-refractivity contribution is 5.58. The number of anilines is 1. The van der Waals surface area contributed by atoms with Crippen LogP contribution in [0.5, 0.6) is 5.75 Å². The first-order chi connectivity index (χ1) is 9.52. The maximum atomic E-state index is 13.5. The van der Waals surface area contributed by atoms with Crippen LogP contribution in [0, 0.1) is 11.6 Å². The van der Waals surface area contributed by atoms with Crippen molar-refractivity contribution in [2.24, 2.45) is 0 Å². The maximum absolute atomic E-state index is 13.5. The van der Waals surface area contributed by atoms with Gasteiger partial charge < -0.3 is 15.6 Å². The van der Waals surface area contributed by atoms with Crippen LogP contribution < -0.4 is 5.73 Å². The number of aromatic hydroxyl groups is 1. The Labute approximate surface area is 115 Å². The van der Waals surface area contributed by atoms with Gasteiger partial charge in [0.05, 0.1) is 5.69 Å². The summed E-state index contributed by atoms with van der Waals surface area (Å²) in [6.07, 6.45) is -0.710. The summed E-state index contributed by atoms with van der Waals surface area (Å²) in [5, 5.41) is 9.99. The molecule has 3 nitrogen and oxygen atoms in total. The van der Waals surface area contributed by atoms with Gasteiger partial charge in [0, 0.05) is 18.2 Å². The average molecular weight is 279 g/mol. The minimum Gasteiger partial charge on any atom is -0.505 e. The quantitative estimate of drug-likeness (QED) is 0.666. The first-order valence-corrected chi connectivity index (χ1v) is 6.18. The molecule has 0 spiro atoms. The highest BCUT2D eigenvalue weighted by Crippen LogP contribution is 2.36. The summed E-state index contributed by atoms with van der Waals surface area (Å²) in [4.78, 5) is 0. The largest absolute Gasteiger partial charge is 0.505 e. The van der Waals surface area contributed by atoms with E-state index in [1.807, 2.05) is 0 Å². The lowest BCUT2D eigenvalue weighted by atomic mass is 9.99. The molecule has 1 unspecified atom stereocenters. The SMILES string of the molecule is CCOC(c1ccc(F)cc1)c1cc(F)cc(N)c1O. The van der Waals surface area contributed by atoms with Crippen molar-refractivity contribution in [3.8, 4) is 5.75 Å². The van der Waals surface area contributed by atoms with Crippen LogP contribution in [0.4, 0.5) is 14.5 Å². The number of halogens is 2. The van der Waals surface area contributed by atoms with Crippen molar-refractivity contribution in [2.45, 2.75) is 13.0 Å². The minimum absolute atomic E-state index is 0.0631. The van der Waals surface area contributed by atoms with E-state index in [9.17, 15) is 13.9 Å². The van der Waals surface area contributed by atoms with E-state index in [1.165, 1.54) is 24.3 Å². The summed E-state index contributed by atoms with van der Waals surface area (Å²) in [5.74, 6) is -1.18. The summed E-state index contributed by atoms with van der Waals surface area (Å²) >= 11 is 0. The Morgan fingerprint density at radius 1 is 1.15 bits per heavy atom. The summed E-state index contributed by atoms with van der Waals surface area (Å²) in [6.45, 7) is 2.12. The van der Waals surface area contributed by atoms with Gasteiger partial charge >= 0.3 is 0 Å². The van der Waals surface area contributed by atoms with Crippen molar-refractivity contribution in [1.82, 2.24) is 0 Å². The van der Waals surface area contributed by atoms with Gasteiger partial charge in [-0.2, -0.15) is 0 Å². The molecule has 0 heterocycles. The number of nitrogens with two attached hydrogens (primary N) is 1. The lowest BCUT2D eigenvalue weighted by Gasteiger charge is -2.20. The van der Waals surface area contributed by atoms with E-state index < -0.39 is 11.9 Å². The van der Waals surface area contributed by atoms with Crippen molar-refractivity contribution in [2.75, 3.05) is 12.3 Å². The average Bonchev–Trinajstić information content (AvgIpc) is 2.42. The number of ether oxygens (including phenoxy) is 1. The van der Waals surface area contributed by atoms with Crippen LogP contribution in [-0.2, 0) is 4.74 Å². The lowest BCUT2D eigenvalue weighted by molar-refractivity contribution is 0.0893. The van der Waals surface area contributed by atoms with Crippen LogP contribution >= 0.6 is 0 Å². The molecule has 2 rings (SSSR count). The normalized spacial score (nSPS) is 12.3. The molecule has 0 radical (unpaired) electrons. The number of nitrogen functional groups attached to an aromatic ring is 1. The second-order valence-electron chi connectivity index (χ2n) is 4.32. The van der Waals surface area contributed by atoms with Crippen molar-refractivity contribution < 1.29 is 18.6 Å². The Bertz CT molecular complexity index is 600. The molecular weight excluding hydrogens is 264 g/mol. The van der Waals surface area contributed by atoms with Gasteiger partial charge in [-0.05, 0) is 30.7 Å². The predicted octanol–water partition coefficient (Wildman–Crippen LogP) is 3.38. The fraction of sp³-hybridized carbons (Fsp3) is 0.200. The molecule has 5 heteroatoms. The summed E-state index contributed by atoms with van der Waals surface area (Å²) in [5.41, 5.74) is 6.31. The van der Waals surface area contributed by atoms with E-state index in [0.717, 1.165) is 12.1 Å². The van der Waals surface area contributed by atoms with Crippen LogP contribution in [0.3, 0.4) is 0 Å². The molecule has 0 aromatic heterocycles. The van der Waals surface area contributed by atoms with Gasteiger partial charge in [-0.1, -0.05) is 12.1 Å². The third-order valence-corrected chi connectivity index (χ3v) is 2.92. The Kier molecular flexibility index (Phi) is 4.20. The number of rotatable bonds is 4. The molecule has 0 saturated heterocycles. The second-order valence-corrected chi connectivity index (χ2v) is 4.32. The van der Waals surface area contributed by atoms with Gasteiger partial charge in [-0.15, -0.1) is 0 Å². The van der Waals surface area contributed by atoms with E-state index in [-0.39, 0.29) is 22.8 Å². The van der Waals surface area contributed by atoms with Gasteiger partial charge in [0.25, 0.3) is 0 Å². The monoisotopic (exact) mass is 279 g/mol. The van der Waals surface area contributed by atoms with Gasteiger partial charge in [0.15, 0.2) is 0 Å². The maximum Gasteiger partial charge on any atom is 0.144 e. The van der Waals surface area contributed by atoms with Crippen LogP contribution in [-0.4, -0.2) is 11.7 Å². The van der Waals surface area contributed by atoms with Gasteiger partial charge in [0.1, 0.15) is 23.5 Å². The van der Waals surface area contributed by atoms with Crippen LogP contribution in [0.25, 0.3) is 0 Å². The smallest absolute Gasteiger partial charge is 0.144 e. The van der Waals surface area contributed by atoms with E-state index >= 15 is 0 Å². The number of hydrogen-bond acceptors (Lipinski definition) is 3. The Hall–Kier alpha value is -2.14. The molecule has 0 aliphatic heterocycles. The zero-order chi connectivity index (χ0) is 14.7. The molecular formula is C15H15F2NO2. The molecule has 0 aliphatic carbocycles. The Balaban J connectivity index is 2.51. The molecule has 1 atom stereocenters. The van der Waals surface area contributed by atoms with Crippen LogP contribution in [0.2, 0.25) is 0 Å². The molecule has 0 amide bonds. The zero-order valence-electron chi connectivity index (χ0n) is 10.9. The fourth-order valence-corrected chi connectivity index (χ4v) is 2.01. The fourth-order valence-electron chi connectivity index (χ4n) is 2.01. The highest BCUT2D eigenvalue weighted by atomic mass is 19.1. The summed E-state index contributed by atoms with van der Waals surface area (Å²) in [7, 11) is 0. The molecule has 2 aromatic rings. The van der Waals surface area contributed by atoms with E-state index in [4.69, 9.17) is 10.5 Å². The molecule has 0 bridgehead atoms. The highest BCUT2D eigenvalue weighted by Gasteiger charge is 2.20. The third-order valence-electron chi connectivity index (χ3n) is 2.92. The summed E-state index contributed by atoms with van der Waals surface area (Å²) in [6, 6.07) is 7.80. The van der Waals surface area contributed by atoms with Gasteiger partial charge in [-0.25, -0.2) is 8.78 Å². The van der Waals surface area contributed by atoms with Crippen LogP contribution in [0.15, 0.2) is 36.4 Å².